The minimum atomic E-state index is -0.196. The van der Waals surface area contributed by atoms with Crippen molar-refractivity contribution in [1.29, 1.82) is 0 Å². The van der Waals surface area contributed by atoms with E-state index in [-0.39, 0.29) is 31.3 Å². The molecule has 1 heterocycles. The van der Waals surface area contributed by atoms with Gasteiger partial charge in [-0.2, -0.15) is 0 Å². The summed E-state index contributed by atoms with van der Waals surface area (Å²) in [5.41, 5.74) is 3.42. The van der Waals surface area contributed by atoms with E-state index < -0.39 is 0 Å². The molecule has 1 aliphatic rings. The monoisotopic (exact) mass is 524 g/mol. The molecule has 0 saturated heterocycles. The quantitative estimate of drug-likeness (QED) is 0.240. The molecule has 0 saturated carbocycles. The van der Waals surface area contributed by atoms with Gasteiger partial charge in [0, 0.05) is 30.5 Å². The summed E-state index contributed by atoms with van der Waals surface area (Å²) in [5, 5.41) is 11.4. The third-order valence-electron chi connectivity index (χ3n) is 5.66. The number of nitrogens with zero attached hydrogens (tertiary/aromatic N) is 1. The first-order chi connectivity index (χ1) is 18.7. The lowest BCUT2D eigenvalue weighted by molar-refractivity contribution is -0.125. The molecule has 2 N–H and O–H groups in total. The predicted octanol–water partition coefficient (Wildman–Crippen LogP) is 1.89. The number of fused-ring (bicyclic) bond motifs is 2. The van der Waals surface area contributed by atoms with Crippen LogP contribution in [0.15, 0.2) is 48.5 Å². The number of hydrogen-bond acceptors (Lipinski definition) is 7. The van der Waals surface area contributed by atoms with Crippen LogP contribution < -0.4 is 10.2 Å². The molecule has 1 aliphatic heterocycles. The number of rotatable bonds is 17. The maximum absolute atomic E-state index is 13.2. The molecule has 38 heavy (non-hydrogen) atoms. The van der Waals surface area contributed by atoms with E-state index in [1.807, 2.05) is 48.5 Å². The van der Waals surface area contributed by atoms with E-state index in [1.54, 1.807) is 4.90 Å². The van der Waals surface area contributed by atoms with Crippen LogP contribution in [0.2, 0.25) is 0 Å². The molecule has 2 aromatic rings. The van der Waals surface area contributed by atoms with Crippen molar-refractivity contribution < 1.29 is 33.6 Å². The Labute approximate surface area is 224 Å². The van der Waals surface area contributed by atoms with Crippen molar-refractivity contribution in [2.75, 3.05) is 70.9 Å². The van der Waals surface area contributed by atoms with Gasteiger partial charge in [-0.3, -0.25) is 9.59 Å². The molecule has 9 nitrogen and oxygen atoms in total. The molecule has 0 aromatic heterocycles. The molecule has 204 valence electrons. The largest absolute Gasteiger partial charge is 0.394 e. The van der Waals surface area contributed by atoms with Crippen LogP contribution in [0.5, 0.6) is 0 Å². The minimum absolute atomic E-state index is 0.00677. The minimum Gasteiger partial charge on any atom is -0.394 e. The van der Waals surface area contributed by atoms with Crippen molar-refractivity contribution in [1.82, 2.24) is 5.32 Å². The second-order valence-corrected chi connectivity index (χ2v) is 8.43. The Kier molecular flexibility index (Phi) is 13.3. The molecule has 0 spiro atoms. The van der Waals surface area contributed by atoms with Gasteiger partial charge in [-0.05, 0) is 23.8 Å². The average Bonchev–Trinajstić information content (AvgIpc) is 2.93. The number of benzene rings is 2. The topological polar surface area (TPSA) is 107 Å². The lowest BCUT2D eigenvalue weighted by Crippen LogP contribution is -2.34. The van der Waals surface area contributed by atoms with Gasteiger partial charge in [-0.1, -0.05) is 42.2 Å². The molecule has 3 rings (SSSR count). The molecule has 0 unspecified atom stereocenters. The smallest absolute Gasteiger partial charge is 0.227 e. The van der Waals surface area contributed by atoms with Crippen molar-refractivity contribution in [2.24, 2.45) is 0 Å². The number of ether oxygens (including phenoxy) is 4. The van der Waals surface area contributed by atoms with Crippen molar-refractivity contribution >= 4 is 17.5 Å². The number of hydrogen-bond donors (Lipinski definition) is 2. The molecule has 2 aromatic carbocycles. The summed E-state index contributed by atoms with van der Waals surface area (Å²) in [7, 11) is 0. The Bertz CT molecular complexity index is 1080. The fraction of sp³-hybridized carbons (Fsp3) is 0.448. The van der Waals surface area contributed by atoms with Crippen LogP contribution in [0.4, 0.5) is 5.69 Å². The van der Waals surface area contributed by atoms with Crippen molar-refractivity contribution in [3.05, 3.63) is 65.2 Å². The number of aliphatic hydroxyl groups is 1. The van der Waals surface area contributed by atoms with Crippen LogP contribution in [-0.4, -0.2) is 82.9 Å². The first-order valence-corrected chi connectivity index (χ1v) is 12.9. The van der Waals surface area contributed by atoms with Gasteiger partial charge in [-0.15, -0.1) is 0 Å². The van der Waals surface area contributed by atoms with Gasteiger partial charge in [0.1, 0.15) is 0 Å². The van der Waals surface area contributed by atoms with Gasteiger partial charge in [0.2, 0.25) is 11.8 Å². The van der Waals surface area contributed by atoms with Gasteiger partial charge in [-0.25, -0.2) is 0 Å². The van der Waals surface area contributed by atoms with Crippen molar-refractivity contribution in [2.45, 2.75) is 19.4 Å². The molecule has 0 bridgehead atoms. The third kappa shape index (κ3) is 10.2. The molecule has 0 radical (unpaired) electrons. The van der Waals surface area contributed by atoms with Gasteiger partial charge in [0.15, 0.2) is 0 Å². The maximum atomic E-state index is 13.2. The molecular formula is C29H36N2O7. The second kappa shape index (κ2) is 17.3. The summed E-state index contributed by atoms with van der Waals surface area (Å²) in [6.07, 6.45) is 0.194. The number of amides is 2. The van der Waals surface area contributed by atoms with E-state index >= 15 is 0 Å². The summed E-state index contributed by atoms with van der Waals surface area (Å²) in [6, 6.07) is 15.4. The highest BCUT2D eigenvalue weighted by Crippen LogP contribution is 2.26. The first-order valence-electron chi connectivity index (χ1n) is 12.9. The van der Waals surface area contributed by atoms with Crippen LogP contribution in [-0.2, 0) is 35.1 Å². The Balaban J connectivity index is 1.30. The highest BCUT2D eigenvalue weighted by molar-refractivity contribution is 5.96. The van der Waals surface area contributed by atoms with Crippen LogP contribution in [0, 0.1) is 11.8 Å². The Hall–Kier alpha value is -3.26. The first kappa shape index (κ1) is 29.3. The van der Waals surface area contributed by atoms with E-state index in [4.69, 9.17) is 24.1 Å². The molecule has 9 heteroatoms. The number of nitrogens with one attached hydrogen (secondary N) is 1. The lowest BCUT2D eigenvalue weighted by Gasteiger charge is -2.26. The maximum Gasteiger partial charge on any atom is 0.227 e. The fourth-order valence-corrected chi connectivity index (χ4v) is 3.74. The summed E-state index contributed by atoms with van der Waals surface area (Å²) < 4.78 is 21.3. The predicted molar refractivity (Wildman–Crippen MR) is 143 cm³/mol. The SMILES string of the molecule is O=C(CCC(=O)N1Cc2ccccc2C#Cc2ccccc21)NCCOCCOCCOCCOCCO. The number of aliphatic hydroxyl groups excluding tert-OH is 1. The van der Waals surface area contributed by atoms with Crippen LogP contribution in [0.1, 0.15) is 29.5 Å². The number of anilines is 1. The zero-order valence-corrected chi connectivity index (χ0v) is 21.7. The van der Waals surface area contributed by atoms with Crippen molar-refractivity contribution in [3.8, 4) is 11.8 Å². The number of carbonyl (C=O) groups excluding carboxylic acids is 2. The third-order valence-corrected chi connectivity index (χ3v) is 5.66. The average molecular weight is 525 g/mol. The van der Waals surface area contributed by atoms with Gasteiger partial charge in [0.25, 0.3) is 0 Å². The highest BCUT2D eigenvalue weighted by atomic mass is 16.6. The van der Waals surface area contributed by atoms with Gasteiger partial charge < -0.3 is 34.3 Å². The Morgan fingerprint density at radius 3 is 2.05 bits per heavy atom. The normalized spacial score (nSPS) is 12.0. The Morgan fingerprint density at radius 1 is 0.763 bits per heavy atom. The van der Waals surface area contributed by atoms with E-state index in [2.05, 4.69) is 17.2 Å². The van der Waals surface area contributed by atoms with E-state index in [0.29, 0.717) is 65.9 Å². The highest BCUT2D eigenvalue weighted by Gasteiger charge is 2.21. The van der Waals surface area contributed by atoms with E-state index in [0.717, 1.165) is 22.4 Å². The zero-order valence-electron chi connectivity index (χ0n) is 21.7. The van der Waals surface area contributed by atoms with Crippen LogP contribution >= 0.6 is 0 Å². The second-order valence-electron chi connectivity index (χ2n) is 8.43. The van der Waals surface area contributed by atoms with Crippen molar-refractivity contribution in [3.63, 3.8) is 0 Å². The molecular weight excluding hydrogens is 488 g/mol. The number of carbonyl (C=O) groups is 2. The Morgan fingerprint density at radius 2 is 1.34 bits per heavy atom. The summed E-state index contributed by atoms with van der Waals surface area (Å²) in [6.45, 7) is 4.10. The van der Waals surface area contributed by atoms with Gasteiger partial charge >= 0.3 is 0 Å². The molecule has 2 amide bonds. The van der Waals surface area contributed by atoms with E-state index in [1.165, 1.54) is 0 Å². The number of para-hydroxylation sites is 1. The summed E-state index contributed by atoms with van der Waals surface area (Å²) >= 11 is 0. The lowest BCUT2D eigenvalue weighted by atomic mass is 10.0. The van der Waals surface area contributed by atoms with Crippen LogP contribution in [0.3, 0.4) is 0 Å². The standard InChI is InChI=1S/C29H36N2O7/c32-14-16-36-18-20-38-22-21-37-19-17-35-15-13-30-28(33)11-12-29(34)31-23-26-7-2-1-5-24(26)9-10-25-6-3-4-8-27(25)31/h1-8,32H,11-23H2,(H,30,33). The summed E-state index contributed by atoms with van der Waals surface area (Å²) in [5.74, 6) is 6.06. The molecule has 0 fully saturated rings. The van der Waals surface area contributed by atoms with Crippen LogP contribution in [0.25, 0.3) is 0 Å². The van der Waals surface area contributed by atoms with Gasteiger partial charge in [0.05, 0.1) is 71.7 Å². The van der Waals surface area contributed by atoms with E-state index in [9.17, 15) is 9.59 Å². The summed E-state index contributed by atoms with van der Waals surface area (Å²) in [4.78, 5) is 27.2. The fourth-order valence-electron chi connectivity index (χ4n) is 3.74. The zero-order chi connectivity index (χ0) is 26.8. The molecule has 0 aliphatic carbocycles. The molecule has 0 atom stereocenters.